The molecule has 7 heteroatoms. The molecule has 1 aromatic carbocycles. The summed E-state index contributed by atoms with van der Waals surface area (Å²) < 4.78 is 24.7. The van der Waals surface area contributed by atoms with E-state index >= 15 is 0 Å². The van der Waals surface area contributed by atoms with Crippen molar-refractivity contribution in [1.29, 1.82) is 0 Å². The molecule has 1 N–H and O–H groups in total. The number of halogens is 1. The van der Waals surface area contributed by atoms with Gasteiger partial charge in [0.2, 0.25) is 0 Å². The molecule has 0 amide bonds. The summed E-state index contributed by atoms with van der Waals surface area (Å²) in [6, 6.07) is 8.63. The minimum absolute atomic E-state index is 0. The lowest BCUT2D eigenvalue weighted by molar-refractivity contribution is 0.309. The number of rotatable bonds is 4. The Morgan fingerprint density at radius 2 is 1.88 bits per heavy atom. The van der Waals surface area contributed by atoms with Crippen LogP contribution in [0.2, 0.25) is 0 Å². The van der Waals surface area contributed by atoms with Gasteiger partial charge in [-0.3, -0.25) is 4.99 Å². The first-order chi connectivity index (χ1) is 11.5. The van der Waals surface area contributed by atoms with Gasteiger partial charge in [0.25, 0.3) is 0 Å². The number of nitrogens with zero attached hydrogens (tertiary/aromatic N) is 2. The molecular formula is C18H28IN3O2S. The molecule has 0 atom stereocenters. The van der Waals surface area contributed by atoms with Gasteiger partial charge in [0, 0.05) is 26.7 Å². The molecule has 1 aliphatic carbocycles. The highest BCUT2D eigenvalue weighted by Gasteiger charge is 2.41. The Bertz CT molecular complexity index is 686. The second kappa shape index (κ2) is 8.70. The SMILES string of the molecule is CN=C(NCCS(=O)(=O)c1ccccc1)N1CCC2(CCCC2)C1.I. The van der Waals surface area contributed by atoms with Crippen molar-refractivity contribution >= 4 is 39.8 Å². The third-order valence-electron chi connectivity index (χ3n) is 5.37. The van der Waals surface area contributed by atoms with Crippen LogP contribution in [0.15, 0.2) is 40.2 Å². The fourth-order valence-corrected chi connectivity index (χ4v) is 5.20. The topological polar surface area (TPSA) is 61.8 Å². The third-order valence-corrected chi connectivity index (χ3v) is 7.10. The van der Waals surface area contributed by atoms with Crippen LogP contribution in [0.3, 0.4) is 0 Å². The average molecular weight is 477 g/mol. The van der Waals surface area contributed by atoms with Crippen LogP contribution in [-0.2, 0) is 9.84 Å². The summed E-state index contributed by atoms with van der Waals surface area (Å²) in [6.45, 7) is 2.45. The monoisotopic (exact) mass is 477 g/mol. The van der Waals surface area contributed by atoms with Crippen LogP contribution in [0, 0.1) is 5.41 Å². The van der Waals surface area contributed by atoms with Gasteiger partial charge in [-0.15, -0.1) is 24.0 Å². The molecule has 25 heavy (non-hydrogen) atoms. The van der Waals surface area contributed by atoms with Crippen molar-refractivity contribution in [3.63, 3.8) is 0 Å². The Morgan fingerprint density at radius 3 is 2.52 bits per heavy atom. The zero-order valence-corrected chi connectivity index (χ0v) is 17.9. The smallest absolute Gasteiger partial charge is 0.193 e. The van der Waals surface area contributed by atoms with E-state index < -0.39 is 9.84 Å². The largest absolute Gasteiger partial charge is 0.355 e. The molecule has 5 nitrogen and oxygen atoms in total. The van der Waals surface area contributed by atoms with Crippen molar-refractivity contribution in [2.45, 2.75) is 37.0 Å². The van der Waals surface area contributed by atoms with E-state index in [1.165, 1.54) is 32.1 Å². The van der Waals surface area contributed by atoms with Crippen molar-refractivity contribution < 1.29 is 8.42 Å². The lowest BCUT2D eigenvalue weighted by Crippen LogP contribution is -2.42. The molecule has 1 saturated carbocycles. The molecule has 1 aliphatic heterocycles. The van der Waals surface area contributed by atoms with Crippen molar-refractivity contribution in [1.82, 2.24) is 10.2 Å². The molecule has 1 aromatic rings. The second-order valence-electron chi connectivity index (χ2n) is 6.98. The standard InChI is InChI=1S/C18H27N3O2S.HI/c1-19-17(21-13-11-18(15-21)9-5-6-10-18)20-12-14-24(22,23)16-7-3-2-4-8-16;/h2-4,7-8H,5-6,9-15H2,1H3,(H,19,20);1H. The van der Waals surface area contributed by atoms with E-state index in [9.17, 15) is 8.42 Å². The number of nitrogens with one attached hydrogen (secondary N) is 1. The highest BCUT2D eigenvalue weighted by molar-refractivity contribution is 14.0. The van der Waals surface area contributed by atoms with E-state index in [1.807, 2.05) is 6.07 Å². The first kappa shape index (κ1) is 20.5. The van der Waals surface area contributed by atoms with Gasteiger partial charge in [-0.2, -0.15) is 0 Å². The van der Waals surface area contributed by atoms with Crippen molar-refractivity contribution in [3.8, 4) is 0 Å². The van der Waals surface area contributed by atoms with E-state index in [4.69, 9.17) is 0 Å². The molecule has 2 aliphatic rings. The number of hydrogen-bond acceptors (Lipinski definition) is 3. The number of sulfone groups is 1. The van der Waals surface area contributed by atoms with Gasteiger partial charge >= 0.3 is 0 Å². The van der Waals surface area contributed by atoms with Gasteiger partial charge in [-0.05, 0) is 36.8 Å². The maximum Gasteiger partial charge on any atom is 0.193 e. The summed E-state index contributed by atoms with van der Waals surface area (Å²) in [5.74, 6) is 0.914. The summed E-state index contributed by atoms with van der Waals surface area (Å²) >= 11 is 0. The van der Waals surface area contributed by atoms with E-state index in [0.717, 1.165) is 19.0 Å². The Balaban J connectivity index is 0.00000225. The Labute approximate surface area is 168 Å². The van der Waals surface area contributed by atoms with Crippen LogP contribution in [0.25, 0.3) is 0 Å². The van der Waals surface area contributed by atoms with Gasteiger partial charge in [0.15, 0.2) is 15.8 Å². The molecular weight excluding hydrogens is 449 g/mol. The van der Waals surface area contributed by atoms with Crippen LogP contribution < -0.4 is 5.32 Å². The zero-order chi connectivity index (χ0) is 17.0. The molecule has 1 saturated heterocycles. The Morgan fingerprint density at radius 1 is 1.20 bits per heavy atom. The highest BCUT2D eigenvalue weighted by atomic mass is 127. The maximum absolute atomic E-state index is 12.3. The van der Waals surface area contributed by atoms with Gasteiger partial charge < -0.3 is 10.2 Å². The first-order valence-corrected chi connectivity index (χ1v) is 10.4. The number of likely N-dealkylation sites (tertiary alicyclic amines) is 1. The lowest BCUT2D eigenvalue weighted by Gasteiger charge is -2.25. The summed E-state index contributed by atoms with van der Waals surface area (Å²) in [5.41, 5.74) is 0.480. The molecule has 140 valence electrons. The fraction of sp³-hybridized carbons (Fsp3) is 0.611. The van der Waals surface area contributed by atoms with Gasteiger partial charge in [-0.25, -0.2) is 8.42 Å². The fourth-order valence-electron chi connectivity index (χ4n) is 4.02. The molecule has 0 unspecified atom stereocenters. The van der Waals surface area contributed by atoms with Gasteiger partial charge in [0.1, 0.15) is 0 Å². The highest BCUT2D eigenvalue weighted by Crippen LogP contribution is 2.45. The molecule has 2 fully saturated rings. The predicted octanol–water partition coefficient (Wildman–Crippen LogP) is 2.92. The Kier molecular flexibility index (Phi) is 7.13. The molecule has 1 spiro atoms. The second-order valence-corrected chi connectivity index (χ2v) is 9.09. The van der Waals surface area contributed by atoms with Gasteiger partial charge in [0.05, 0.1) is 10.6 Å². The van der Waals surface area contributed by atoms with Crippen molar-refractivity contribution in [3.05, 3.63) is 30.3 Å². The quantitative estimate of drug-likeness (QED) is 0.412. The van der Waals surface area contributed by atoms with Crippen molar-refractivity contribution in [2.75, 3.05) is 32.4 Å². The summed E-state index contributed by atoms with van der Waals surface area (Å²) in [6.07, 6.45) is 6.56. The summed E-state index contributed by atoms with van der Waals surface area (Å²) in [5, 5.41) is 3.24. The number of guanidine groups is 1. The number of aliphatic imine (C=N–C) groups is 1. The van der Waals surface area contributed by atoms with E-state index in [1.54, 1.807) is 31.3 Å². The average Bonchev–Trinajstić information content (AvgIpc) is 3.23. The van der Waals surface area contributed by atoms with Crippen LogP contribution >= 0.6 is 24.0 Å². The number of benzene rings is 1. The number of hydrogen-bond donors (Lipinski definition) is 1. The molecule has 3 rings (SSSR count). The van der Waals surface area contributed by atoms with Crippen LogP contribution in [0.5, 0.6) is 0 Å². The minimum atomic E-state index is -3.25. The lowest BCUT2D eigenvalue weighted by atomic mass is 9.86. The van der Waals surface area contributed by atoms with Crippen LogP contribution in [0.4, 0.5) is 0 Å². The molecule has 0 aromatic heterocycles. The van der Waals surface area contributed by atoms with Crippen LogP contribution in [0.1, 0.15) is 32.1 Å². The van der Waals surface area contributed by atoms with Crippen LogP contribution in [-0.4, -0.2) is 51.7 Å². The summed E-state index contributed by atoms with van der Waals surface area (Å²) in [4.78, 5) is 7.03. The maximum atomic E-state index is 12.3. The zero-order valence-electron chi connectivity index (χ0n) is 14.8. The minimum Gasteiger partial charge on any atom is -0.355 e. The normalized spacial score (nSPS) is 19.9. The first-order valence-electron chi connectivity index (χ1n) is 8.78. The summed E-state index contributed by atoms with van der Waals surface area (Å²) in [7, 11) is -1.47. The van der Waals surface area contributed by atoms with Gasteiger partial charge in [-0.1, -0.05) is 31.0 Å². The molecule has 1 heterocycles. The van der Waals surface area contributed by atoms with E-state index in [2.05, 4.69) is 15.2 Å². The van der Waals surface area contributed by atoms with Crippen molar-refractivity contribution in [2.24, 2.45) is 10.4 Å². The molecule has 0 radical (unpaired) electrons. The molecule has 0 bridgehead atoms. The van der Waals surface area contributed by atoms with E-state index in [-0.39, 0.29) is 29.7 Å². The predicted molar refractivity (Wildman–Crippen MR) is 112 cm³/mol. The Hall–Kier alpha value is -0.830. The third kappa shape index (κ3) is 4.87. The van der Waals surface area contributed by atoms with E-state index in [0.29, 0.717) is 16.9 Å².